The summed E-state index contributed by atoms with van der Waals surface area (Å²) in [6, 6.07) is 6.07. The van der Waals surface area contributed by atoms with E-state index in [0.717, 1.165) is 29.4 Å². The van der Waals surface area contributed by atoms with E-state index in [2.05, 4.69) is 17.6 Å². The van der Waals surface area contributed by atoms with E-state index in [4.69, 9.17) is 4.74 Å². The molecule has 1 aromatic carbocycles. The second-order valence-corrected chi connectivity index (χ2v) is 5.51. The minimum absolute atomic E-state index is 0.0670. The summed E-state index contributed by atoms with van der Waals surface area (Å²) >= 11 is 1.58. The first kappa shape index (κ1) is 13.2. The van der Waals surface area contributed by atoms with Gasteiger partial charge in [0.05, 0.1) is 18.0 Å². The molecule has 0 aliphatic carbocycles. The van der Waals surface area contributed by atoms with Gasteiger partial charge in [-0.3, -0.25) is 4.79 Å². The van der Waals surface area contributed by atoms with E-state index in [0.29, 0.717) is 11.7 Å². The number of hydrogen-bond acceptors (Lipinski definition) is 4. The molecule has 0 saturated heterocycles. The highest BCUT2D eigenvalue weighted by Gasteiger charge is 2.15. The Balaban J connectivity index is 1.98. The van der Waals surface area contributed by atoms with Crippen molar-refractivity contribution < 1.29 is 9.53 Å². The van der Waals surface area contributed by atoms with Crippen LogP contribution in [0.15, 0.2) is 23.1 Å². The van der Waals surface area contributed by atoms with Crippen LogP contribution in [0.25, 0.3) is 0 Å². The number of anilines is 2. The first-order chi connectivity index (χ1) is 8.69. The van der Waals surface area contributed by atoms with E-state index >= 15 is 0 Å². The topological polar surface area (TPSA) is 50.4 Å². The van der Waals surface area contributed by atoms with Gasteiger partial charge < -0.3 is 15.4 Å². The monoisotopic (exact) mass is 266 g/mol. The van der Waals surface area contributed by atoms with Gasteiger partial charge in [0.15, 0.2) is 0 Å². The average Bonchev–Trinajstić information content (AvgIpc) is 2.36. The molecule has 18 heavy (non-hydrogen) atoms. The van der Waals surface area contributed by atoms with Crippen LogP contribution in [-0.2, 0) is 9.53 Å². The van der Waals surface area contributed by atoms with Gasteiger partial charge in [-0.15, -0.1) is 11.8 Å². The van der Waals surface area contributed by atoms with Gasteiger partial charge in [-0.25, -0.2) is 0 Å². The number of carbonyl (C=O) groups is 1. The fraction of sp³-hybridized carbons (Fsp3) is 0.462. The fourth-order valence-electron chi connectivity index (χ4n) is 1.83. The standard InChI is InChI=1S/C13H18N2O2S/c1-9(7-17-2)6-14-10-3-4-12-11(5-10)15-13(16)8-18-12/h3-5,9,14H,6-8H2,1-2H3,(H,15,16). The number of methoxy groups -OCH3 is 1. The maximum absolute atomic E-state index is 11.3. The lowest BCUT2D eigenvalue weighted by Crippen LogP contribution is -2.19. The molecule has 1 amide bonds. The lowest BCUT2D eigenvalue weighted by Gasteiger charge is -2.18. The Morgan fingerprint density at radius 3 is 3.17 bits per heavy atom. The van der Waals surface area contributed by atoms with Crippen LogP contribution in [0.3, 0.4) is 0 Å². The molecule has 1 aliphatic heterocycles. The van der Waals surface area contributed by atoms with Crippen molar-refractivity contribution in [1.29, 1.82) is 0 Å². The highest BCUT2D eigenvalue weighted by Crippen LogP contribution is 2.33. The SMILES string of the molecule is COCC(C)CNc1ccc2c(c1)NC(=O)CS2. The number of rotatable bonds is 5. The molecule has 2 N–H and O–H groups in total. The summed E-state index contributed by atoms with van der Waals surface area (Å²) in [6.07, 6.45) is 0. The Morgan fingerprint density at radius 1 is 1.56 bits per heavy atom. The Kier molecular flexibility index (Phi) is 4.49. The summed E-state index contributed by atoms with van der Waals surface area (Å²) in [4.78, 5) is 12.4. The Morgan fingerprint density at radius 2 is 2.39 bits per heavy atom. The maximum Gasteiger partial charge on any atom is 0.234 e. The van der Waals surface area contributed by atoms with E-state index in [9.17, 15) is 4.79 Å². The van der Waals surface area contributed by atoms with Crippen molar-refractivity contribution in [2.24, 2.45) is 5.92 Å². The summed E-state index contributed by atoms with van der Waals surface area (Å²) in [5, 5.41) is 6.24. The van der Waals surface area contributed by atoms with Crippen molar-refractivity contribution in [2.75, 3.05) is 36.6 Å². The lowest BCUT2D eigenvalue weighted by atomic mass is 10.2. The second-order valence-electron chi connectivity index (χ2n) is 4.49. The van der Waals surface area contributed by atoms with Gasteiger partial charge in [-0.2, -0.15) is 0 Å². The van der Waals surface area contributed by atoms with Crippen LogP contribution in [0.1, 0.15) is 6.92 Å². The van der Waals surface area contributed by atoms with E-state index in [1.165, 1.54) is 0 Å². The summed E-state index contributed by atoms with van der Waals surface area (Å²) in [5.74, 6) is 1.03. The van der Waals surface area contributed by atoms with E-state index in [-0.39, 0.29) is 5.91 Å². The van der Waals surface area contributed by atoms with Gasteiger partial charge in [0.2, 0.25) is 5.91 Å². The highest BCUT2D eigenvalue weighted by atomic mass is 32.2. The minimum Gasteiger partial charge on any atom is -0.385 e. The lowest BCUT2D eigenvalue weighted by molar-refractivity contribution is -0.113. The third-order valence-corrected chi connectivity index (χ3v) is 3.79. The normalized spacial score (nSPS) is 15.8. The van der Waals surface area contributed by atoms with Crippen LogP contribution in [0.5, 0.6) is 0 Å². The molecule has 1 atom stereocenters. The van der Waals surface area contributed by atoms with Gasteiger partial charge in [-0.1, -0.05) is 6.92 Å². The first-order valence-corrected chi connectivity index (χ1v) is 6.97. The molecule has 0 spiro atoms. The molecule has 0 fully saturated rings. The molecular formula is C13H18N2O2S. The number of benzene rings is 1. The zero-order valence-corrected chi connectivity index (χ0v) is 11.5. The summed E-state index contributed by atoms with van der Waals surface area (Å²) in [5.41, 5.74) is 1.93. The predicted octanol–water partition coefficient (Wildman–Crippen LogP) is 2.43. The molecule has 1 aromatic rings. The molecule has 0 bridgehead atoms. The van der Waals surface area contributed by atoms with Crippen LogP contribution in [0.2, 0.25) is 0 Å². The minimum atomic E-state index is 0.0670. The summed E-state index contributed by atoms with van der Waals surface area (Å²) in [7, 11) is 1.71. The Hall–Kier alpha value is -1.20. The van der Waals surface area contributed by atoms with Crippen molar-refractivity contribution in [3.05, 3.63) is 18.2 Å². The highest BCUT2D eigenvalue weighted by molar-refractivity contribution is 8.00. The molecule has 4 nitrogen and oxygen atoms in total. The van der Waals surface area contributed by atoms with Crippen LogP contribution >= 0.6 is 11.8 Å². The molecule has 0 radical (unpaired) electrons. The third-order valence-electron chi connectivity index (χ3n) is 2.72. The van der Waals surface area contributed by atoms with Crippen LogP contribution in [-0.4, -0.2) is 31.9 Å². The summed E-state index contributed by atoms with van der Waals surface area (Å²) in [6.45, 7) is 3.73. The first-order valence-electron chi connectivity index (χ1n) is 5.98. The van der Waals surface area contributed by atoms with Gasteiger partial charge in [-0.05, 0) is 24.1 Å². The Bertz CT molecular complexity index is 437. The van der Waals surface area contributed by atoms with Crippen molar-refractivity contribution in [3.63, 3.8) is 0 Å². The maximum atomic E-state index is 11.3. The number of ether oxygens (including phenoxy) is 1. The molecular weight excluding hydrogens is 248 g/mol. The molecule has 2 rings (SSSR count). The average molecular weight is 266 g/mol. The van der Waals surface area contributed by atoms with Crippen molar-refractivity contribution in [2.45, 2.75) is 11.8 Å². The third kappa shape index (κ3) is 3.40. The quantitative estimate of drug-likeness (QED) is 0.859. The number of nitrogens with one attached hydrogen (secondary N) is 2. The van der Waals surface area contributed by atoms with Crippen LogP contribution in [0.4, 0.5) is 11.4 Å². The number of fused-ring (bicyclic) bond motifs is 1. The number of amides is 1. The van der Waals surface area contributed by atoms with Gasteiger partial charge in [0, 0.05) is 24.2 Å². The van der Waals surface area contributed by atoms with Crippen LogP contribution < -0.4 is 10.6 Å². The van der Waals surface area contributed by atoms with Crippen LogP contribution in [0, 0.1) is 5.92 Å². The van der Waals surface area contributed by atoms with Gasteiger partial charge >= 0.3 is 0 Å². The molecule has 1 unspecified atom stereocenters. The molecule has 1 aliphatic rings. The summed E-state index contributed by atoms with van der Waals surface area (Å²) < 4.78 is 5.10. The number of hydrogen-bond donors (Lipinski definition) is 2. The molecule has 0 saturated carbocycles. The number of carbonyl (C=O) groups excluding carboxylic acids is 1. The van der Waals surface area contributed by atoms with Crippen molar-refractivity contribution in [3.8, 4) is 0 Å². The zero-order chi connectivity index (χ0) is 13.0. The van der Waals surface area contributed by atoms with E-state index in [1.807, 2.05) is 18.2 Å². The second kappa shape index (κ2) is 6.11. The van der Waals surface area contributed by atoms with Gasteiger partial charge in [0.25, 0.3) is 0 Å². The largest absolute Gasteiger partial charge is 0.385 e. The van der Waals surface area contributed by atoms with Gasteiger partial charge in [0.1, 0.15) is 0 Å². The van der Waals surface area contributed by atoms with Crippen molar-refractivity contribution >= 4 is 29.0 Å². The molecule has 98 valence electrons. The fourth-order valence-corrected chi connectivity index (χ4v) is 2.62. The predicted molar refractivity (Wildman–Crippen MR) is 75.3 cm³/mol. The van der Waals surface area contributed by atoms with Crippen molar-refractivity contribution in [1.82, 2.24) is 0 Å². The van der Waals surface area contributed by atoms with E-state index < -0.39 is 0 Å². The number of thioether (sulfide) groups is 1. The molecule has 0 aromatic heterocycles. The van der Waals surface area contributed by atoms with E-state index in [1.54, 1.807) is 18.9 Å². The molecule has 5 heteroatoms. The molecule has 1 heterocycles. The smallest absolute Gasteiger partial charge is 0.234 e. The zero-order valence-electron chi connectivity index (χ0n) is 10.7. The Labute approximate surface area is 111 Å².